The van der Waals surface area contributed by atoms with E-state index in [1.54, 1.807) is 19.2 Å². The Labute approximate surface area is 162 Å². The number of ether oxygens (including phenoxy) is 3. The van der Waals surface area contributed by atoms with Crippen molar-refractivity contribution in [2.45, 2.75) is 6.92 Å². The lowest BCUT2D eigenvalue weighted by Gasteiger charge is -2.07. The summed E-state index contributed by atoms with van der Waals surface area (Å²) < 4.78 is 21.1. The van der Waals surface area contributed by atoms with Crippen molar-refractivity contribution in [2.75, 3.05) is 20.3 Å². The van der Waals surface area contributed by atoms with Crippen LogP contribution < -0.4 is 9.47 Å². The summed E-state index contributed by atoms with van der Waals surface area (Å²) in [6.45, 7) is 1.80. The number of nitriles is 1. The summed E-state index contributed by atoms with van der Waals surface area (Å²) in [5.41, 5.74) is 2.14. The molecule has 3 rings (SSSR count). The summed E-state index contributed by atoms with van der Waals surface area (Å²) >= 11 is 0. The fourth-order valence-electron chi connectivity index (χ4n) is 2.56. The number of rotatable bonds is 7. The van der Waals surface area contributed by atoms with Gasteiger partial charge in [-0.3, -0.25) is 4.79 Å². The number of esters is 1. The van der Waals surface area contributed by atoms with Gasteiger partial charge in [0.15, 0.2) is 11.8 Å². The van der Waals surface area contributed by atoms with E-state index in [-0.39, 0.29) is 25.1 Å². The summed E-state index contributed by atoms with van der Waals surface area (Å²) in [4.78, 5) is 15.0. The second-order valence-electron chi connectivity index (χ2n) is 5.75. The molecule has 0 spiro atoms. The van der Waals surface area contributed by atoms with E-state index in [1.165, 1.54) is 6.92 Å². The number of benzene rings is 2. The van der Waals surface area contributed by atoms with Crippen molar-refractivity contribution in [3.8, 4) is 40.1 Å². The quantitative estimate of drug-likeness (QED) is 0.455. The van der Waals surface area contributed by atoms with Crippen LogP contribution in [-0.4, -0.2) is 31.3 Å². The maximum Gasteiger partial charge on any atom is 0.302 e. The minimum absolute atomic E-state index is 0.0115. The first-order chi connectivity index (χ1) is 13.6. The molecule has 2 aromatic carbocycles. The molecule has 28 heavy (non-hydrogen) atoms. The lowest BCUT2D eigenvalue weighted by Crippen LogP contribution is -2.09. The van der Waals surface area contributed by atoms with Gasteiger partial charge >= 0.3 is 11.9 Å². The first kappa shape index (κ1) is 19.0. The van der Waals surface area contributed by atoms with Gasteiger partial charge in [-0.1, -0.05) is 0 Å². The minimum Gasteiger partial charge on any atom is -0.497 e. The molecule has 0 aliphatic rings. The molecule has 1 aromatic heterocycles. The highest BCUT2D eigenvalue weighted by Gasteiger charge is 2.17. The smallest absolute Gasteiger partial charge is 0.302 e. The lowest BCUT2D eigenvalue weighted by molar-refractivity contribution is -0.141. The van der Waals surface area contributed by atoms with Gasteiger partial charge in [-0.25, -0.2) is 0 Å². The van der Waals surface area contributed by atoms with Crippen LogP contribution in [0.3, 0.4) is 0 Å². The van der Waals surface area contributed by atoms with E-state index < -0.39 is 0 Å². The van der Waals surface area contributed by atoms with Gasteiger partial charge in [0.2, 0.25) is 0 Å². The van der Waals surface area contributed by atoms with Gasteiger partial charge in [0.25, 0.3) is 0 Å². The molecule has 1 heterocycles. The fraction of sp³-hybridized carbons (Fsp3) is 0.190. The van der Waals surface area contributed by atoms with E-state index in [1.807, 2.05) is 42.5 Å². The average Bonchev–Trinajstić information content (AvgIpc) is 3.16. The number of methoxy groups -OCH3 is 1. The Morgan fingerprint density at radius 2 is 1.68 bits per heavy atom. The number of hydrogen-bond acceptors (Lipinski definition) is 7. The second-order valence-corrected chi connectivity index (χ2v) is 5.75. The Bertz CT molecular complexity index is 985. The molecular formula is C21H18N2O5. The van der Waals surface area contributed by atoms with Crippen molar-refractivity contribution in [3.63, 3.8) is 0 Å². The van der Waals surface area contributed by atoms with Crippen LogP contribution in [0.1, 0.15) is 12.8 Å². The Kier molecular flexibility index (Phi) is 5.92. The van der Waals surface area contributed by atoms with Crippen LogP contribution in [0, 0.1) is 11.3 Å². The molecule has 0 unspecified atom stereocenters. The number of hydrogen-bond donors (Lipinski definition) is 0. The van der Waals surface area contributed by atoms with E-state index in [2.05, 4.69) is 4.98 Å². The van der Waals surface area contributed by atoms with Crippen molar-refractivity contribution >= 4 is 5.97 Å². The van der Waals surface area contributed by atoms with Gasteiger partial charge in [0.1, 0.15) is 30.4 Å². The SMILES string of the molecule is COc1ccc(-c2nc(C#N)oc2-c2ccc(OCCOC(C)=O)cc2)cc1. The van der Waals surface area contributed by atoms with E-state index >= 15 is 0 Å². The maximum atomic E-state index is 10.7. The molecular weight excluding hydrogens is 360 g/mol. The zero-order valence-electron chi connectivity index (χ0n) is 15.5. The van der Waals surface area contributed by atoms with Crippen molar-refractivity contribution < 1.29 is 23.4 Å². The molecule has 7 nitrogen and oxygen atoms in total. The second kappa shape index (κ2) is 8.73. The molecule has 0 aliphatic heterocycles. The highest BCUT2D eigenvalue weighted by atomic mass is 16.6. The number of oxazole rings is 1. The predicted octanol–water partition coefficient (Wildman–Crippen LogP) is 3.83. The molecule has 7 heteroatoms. The van der Waals surface area contributed by atoms with Gasteiger partial charge < -0.3 is 18.6 Å². The van der Waals surface area contributed by atoms with Gasteiger partial charge in [0.05, 0.1) is 7.11 Å². The highest BCUT2D eigenvalue weighted by molar-refractivity contribution is 5.77. The zero-order valence-corrected chi connectivity index (χ0v) is 15.5. The number of carbonyl (C=O) groups excluding carboxylic acids is 1. The molecule has 0 saturated heterocycles. The molecule has 0 saturated carbocycles. The monoisotopic (exact) mass is 378 g/mol. The van der Waals surface area contributed by atoms with E-state index in [0.717, 1.165) is 16.9 Å². The molecule has 0 amide bonds. The third-order valence-corrected chi connectivity index (χ3v) is 3.86. The zero-order chi connectivity index (χ0) is 19.9. The summed E-state index contributed by atoms with van der Waals surface area (Å²) in [5.74, 6) is 1.49. The highest BCUT2D eigenvalue weighted by Crippen LogP contribution is 2.34. The third kappa shape index (κ3) is 4.48. The predicted molar refractivity (Wildman–Crippen MR) is 101 cm³/mol. The van der Waals surface area contributed by atoms with Gasteiger partial charge in [0, 0.05) is 18.1 Å². The van der Waals surface area contributed by atoms with Crippen LogP contribution in [0.4, 0.5) is 0 Å². The Balaban J connectivity index is 1.81. The van der Waals surface area contributed by atoms with Gasteiger partial charge in [-0.15, -0.1) is 0 Å². The number of nitrogens with zero attached hydrogens (tertiary/aromatic N) is 2. The van der Waals surface area contributed by atoms with Crippen LogP contribution in [0.5, 0.6) is 11.5 Å². The molecule has 3 aromatic rings. The number of aromatic nitrogens is 1. The first-order valence-electron chi connectivity index (χ1n) is 8.52. The fourth-order valence-corrected chi connectivity index (χ4v) is 2.56. The molecule has 0 bridgehead atoms. The minimum atomic E-state index is -0.344. The Hall–Kier alpha value is -3.79. The molecule has 0 fully saturated rings. The van der Waals surface area contributed by atoms with E-state index in [9.17, 15) is 10.1 Å². The lowest BCUT2D eigenvalue weighted by atomic mass is 10.1. The molecule has 0 atom stereocenters. The van der Waals surface area contributed by atoms with E-state index in [4.69, 9.17) is 18.6 Å². The summed E-state index contributed by atoms with van der Waals surface area (Å²) in [5, 5.41) is 9.17. The third-order valence-electron chi connectivity index (χ3n) is 3.86. The summed E-state index contributed by atoms with van der Waals surface area (Å²) in [6.07, 6.45) is 0. The average molecular weight is 378 g/mol. The van der Waals surface area contributed by atoms with Crippen LogP contribution in [0.2, 0.25) is 0 Å². The largest absolute Gasteiger partial charge is 0.497 e. The summed E-state index contributed by atoms with van der Waals surface area (Å²) in [7, 11) is 1.60. The van der Waals surface area contributed by atoms with Crippen LogP contribution in [0.15, 0.2) is 52.9 Å². The Morgan fingerprint density at radius 3 is 2.29 bits per heavy atom. The van der Waals surface area contributed by atoms with Gasteiger partial charge in [-0.2, -0.15) is 10.2 Å². The molecule has 0 radical (unpaired) electrons. The Morgan fingerprint density at radius 1 is 1.04 bits per heavy atom. The van der Waals surface area contributed by atoms with Crippen LogP contribution in [-0.2, 0) is 9.53 Å². The molecule has 0 aliphatic carbocycles. The van der Waals surface area contributed by atoms with Crippen molar-refractivity contribution in [1.82, 2.24) is 4.98 Å². The number of carbonyl (C=O) groups is 1. The summed E-state index contributed by atoms with van der Waals surface area (Å²) in [6, 6.07) is 16.5. The van der Waals surface area contributed by atoms with Crippen LogP contribution >= 0.6 is 0 Å². The normalized spacial score (nSPS) is 10.2. The molecule has 142 valence electrons. The van der Waals surface area contributed by atoms with Crippen molar-refractivity contribution in [3.05, 3.63) is 54.4 Å². The standard InChI is InChI=1S/C21H18N2O5/c1-14(24)26-11-12-27-18-9-5-16(6-10-18)21-20(23-19(13-22)28-21)15-3-7-17(25-2)8-4-15/h3-10H,11-12H2,1-2H3. The molecule has 0 N–H and O–H groups in total. The van der Waals surface area contributed by atoms with Crippen molar-refractivity contribution in [1.29, 1.82) is 5.26 Å². The maximum absolute atomic E-state index is 10.7. The van der Waals surface area contributed by atoms with Crippen molar-refractivity contribution in [2.24, 2.45) is 0 Å². The van der Waals surface area contributed by atoms with E-state index in [0.29, 0.717) is 17.2 Å². The topological polar surface area (TPSA) is 94.6 Å². The van der Waals surface area contributed by atoms with Crippen LogP contribution in [0.25, 0.3) is 22.6 Å². The first-order valence-corrected chi connectivity index (χ1v) is 8.52. The van der Waals surface area contributed by atoms with Gasteiger partial charge in [-0.05, 0) is 48.5 Å².